The molecule has 242 valence electrons. The fourth-order valence-corrected chi connectivity index (χ4v) is 11.1. The van der Waals surface area contributed by atoms with Crippen LogP contribution in [0.15, 0.2) is 48.6 Å². The summed E-state index contributed by atoms with van der Waals surface area (Å²) in [5.41, 5.74) is 3.39. The normalized spacial score (nSPS) is 36.0. The summed E-state index contributed by atoms with van der Waals surface area (Å²) in [6.07, 6.45) is 9.28. The van der Waals surface area contributed by atoms with Crippen molar-refractivity contribution in [2.45, 2.75) is 82.5 Å². The molecule has 2 aliphatic heterocycles. The number of carbonyl (C=O) groups excluding carboxylic acids is 1. The van der Waals surface area contributed by atoms with Gasteiger partial charge in [0.15, 0.2) is 0 Å². The highest BCUT2D eigenvalue weighted by molar-refractivity contribution is 7.90. The van der Waals surface area contributed by atoms with Gasteiger partial charge in [-0.1, -0.05) is 50.6 Å². The summed E-state index contributed by atoms with van der Waals surface area (Å²) in [6.45, 7) is 7.88. The second-order valence-electron chi connectivity index (χ2n) is 15.0. The first-order chi connectivity index (χ1) is 21.4. The average molecular weight is 653 g/mol. The standard InChI is InChI=1S/C36H45ClN2O5S/c1-22(2)14-33-23(3)6-4-8-31(40)29-17-26-18-36(26,29)20-39-19-35(13-5-7-24-15-27(37)10-11-28(24)35)21-44-32-12-9-25(16-30(32)39)34(41)38-45(33,42)43/h4,8-12,15-16,22-23,26,29,31,33,40H,5-7,13-14,17-21H2,1-3H3,(H,38,41)/b8-4+/t23-,26?,29+,31+,33?,35+,36?/m1/s1. The largest absolute Gasteiger partial charge is 0.490 e. The van der Waals surface area contributed by atoms with Crippen LogP contribution in [0, 0.1) is 29.1 Å². The number of aliphatic hydroxyl groups is 1. The van der Waals surface area contributed by atoms with E-state index in [2.05, 4.69) is 21.8 Å². The van der Waals surface area contributed by atoms with E-state index in [1.54, 1.807) is 6.07 Å². The minimum atomic E-state index is -3.97. The molecule has 0 saturated heterocycles. The molecule has 2 N–H and O–H groups in total. The van der Waals surface area contributed by atoms with Crippen molar-refractivity contribution in [3.63, 3.8) is 0 Å². The molecule has 2 heterocycles. The maximum atomic E-state index is 13.7. The summed E-state index contributed by atoms with van der Waals surface area (Å²) in [4.78, 5) is 16.0. The lowest BCUT2D eigenvalue weighted by molar-refractivity contribution is 0.0352. The molecule has 0 aromatic heterocycles. The van der Waals surface area contributed by atoms with Crippen LogP contribution < -0.4 is 14.4 Å². The molecule has 3 aliphatic carbocycles. The van der Waals surface area contributed by atoms with Crippen LogP contribution in [-0.2, 0) is 21.9 Å². The number of nitrogens with one attached hydrogen (secondary N) is 1. The number of fused-ring (bicyclic) bond motifs is 3. The smallest absolute Gasteiger partial charge is 0.264 e. The van der Waals surface area contributed by atoms with E-state index in [-0.39, 0.29) is 28.6 Å². The molecule has 2 aromatic rings. The zero-order chi connectivity index (χ0) is 31.7. The van der Waals surface area contributed by atoms with Crippen LogP contribution in [-0.4, -0.2) is 50.5 Å². The topological polar surface area (TPSA) is 95.9 Å². The van der Waals surface area contributed by atoms with Gasteiger partial charge < -0.3 is 14.7 Å². The number of nitrogens with zero attached hydrogens (tertiary/aromatic N) is 1. The molecule has 2 spiro atoms. The van der Waals surface area contributed by atoms with Crippen LogP contribution in [0.25, 0.3) is 0 Å². The molecule has 3 unspecified atom stereocenters. The molecule has 45 heavy (non-hydrogen) atoms. The van der Waals surface area contributed by atoms with Crippen molar-refractivity contribution in [2.24, 2.45) is 29.1 Å². The average Bonchev–Trinajstić information content (AvgIpc) is 3.58. The molecule has 2 bridgehead atoms. The van der Waals surface area contributed by atoms with Gasteiger partial charge in [-0.05, 0) is 115 Å². The second kappa shape index (κ2) is 11.3. The van der Waals surface area contributed by atoms with Gasteiger partial charge >= 0.3 is 0 Å². The van der Waals surface area contributed by atoms with Gasteiger partial charge in [0, 0.05) is 29.1 Å². The van der Waals surface area contributed by atoms with Gasteiger partial charge in [-0.25, -0.2) is 13.1 Å². The summed E-state index contributed by atoms with van der Waals surface area (Å²) in [5.74, 6) is 0.721. The zero-order valence-electron chi connectivity index (χ0n) is 26.5. The number of amides is 1. The predicted octanol–water partition coefficient (Wildman–Crippen LogP) is 6.27. The maximum Gasteiger partial charge on any atom is 0.264 e. The summed E-state index contributed by atoms with van der Waals surface area (Å²) < 4.78 is 36.5. The Morgan fingerprint density at radius 2 is 2.00 bits per heavy atom. The van der Waals surface area contributed by atoms with Gasteiger partial charge in [0.1, 0.15) is 5.75 Å². The number of halogens is 1. The van der Waals surface area contributed by atoms with Crippen LogP contribution in [0.5, 0.6) is 5.75 Å². The highest BCUT2D eigenvalue weighted by Crippen LogP contribution is 2.72. The van der Waals surface area contributed by atoms with E-state index >= 15 is 0 Å². The van der Waals surface area contributed by atoms with E-state index in [1.165, 1.54) is 11.1 Å². The molecule has 2 fully saturated rings. The van der Waals surface area contributed by atoms with Crippen molar-refractivity contribution in [1.82, 2.24) is 4.72 Å². The number of hydrogen-bond acceptors (Lipinski definition) is 6. The van der Waals surface area contributed by atoms with Gasteiger partial charge in [-0.3, -0.25) is 4.79 Å². The van der Waals surface area contributed by atoms with E-state index in [0.717, 1.165) is 49.4 Å². The Balaban J connectivity index is 1.31. The van der Waals surface area contributed by atoms with Crippen LogP contribution >= 0.6 is 11.6 Å². The molecular formula is C36H45ClN2O5S. The Labute approximate surface area is 272 Å². The number of carbonyl (C=O) groups is 1. The Bertz CT molecular complexity index is 1640. The van der Waals surface area contributed by atoms with Crippen molar-refractivity contribution < 1.29 is 23.1 Å². The molecule has 7 nitrogen and oxygen atoms in total. The van der Waals surface area contributed by atoms with Gasteiger partial charge in [-0.15, -0.1) is 0 Å². The maximum absolute atomic E-state index is 13.7. The third-order valence-electron chi connectivity index (χ3n) is 11.6. The molecule has 2 saturated carbocycles. The SMILES string of the molecule is CC(C)CC1[C@H](C)C/C=C/[C@H](O)[C@@H]2CC3CC32CN2C[C@@]3(CCCc4cc(Cl)ccc43)COc3ccc(cc32)C(=O)NS1(=O)=O. The summed E-state index contributed by atoms with van der Waals surface area (Å²) >= 11 is 6.43. The van der Waals surface area contributed by atoms with Crippen LogP contribution in [0.2, 0.25) is 5.02 Å². The van der Waals surface area contributed by atoms with Crippen molar-refractivity contribution in [1.29, 1.82) is 0 Å². The van der Waals surface area contributed by atoms with Crippen LogP contribution in [0.4, 0.5) is 5.69 Å². The first-order valence-corrected chi connectivity index (χ1v) is 18.5. The molecular weight excluding hydrogens is 608 g/mol. The van der Waals surface area contributed by atoms with E-state index < -0.39 is 27.3 Å². The number of benzene rings is 2. The van der Waals surface area contributed by atoms with Crippen molar-refractivity contribution in [3.8, 4) is 5.75 Å². The second-order valence-corrected chi connectivity index (χ2v) is 17.4. The highest BCUT2D eigenvalue weighted by atomic mass is 35.5. The van der Waals surface area contributed by atoms with Gasteiger partial charge in [-0.2, -0.15) is 0 Å². The first kappa shape index (κ1) is 31.1. The first-order valence-electron chi connectivity index (χ1n) is 16.6. The molecule has 9 heteroatoms. The number of aliphatic hydroxyl groups excluding tert-OH is 1. The minimum absolute atomic E-state index is 0.00845. The van der Waals surface area contributed by atoms with Crippen molar-refractivity contribution >= 4 is 33.2 Å². The lowest BCUT2D eigenvalue weighted by Crippen LogP contribution is -2.50. The van der Waals surface area contributed by atoms with Gasteiger partial charge in [0.05, 0.1) is 23.6 Å². The monoisotopic (exact) mass is 652 g/mol. The molecule has 7 rings (SSSR count). The molecule has 7 atom stereocenters. The summed E-state index contributed by atoms with van der Waals surface area (Å²) in [6, 6.07) is 11.5. The number of sulfonamides is 1. The molecule has 5 aliphatic rings. The number of anilines is 1. The third kappa shape index (κ3) is 5.48. The Morgan fingerprint density at radius 3 is 2.76 bits per heavy atom. The molecule has 1 amide bonds. The third-order valence-corrected chi connectivity index (χ3v) is 13.7. The lowest BCUT2D eigenvalue weighted by atomic mass is 9.68. The molecule has 0 radical (unpaired) electrons. The lowest BCUT2D eigenvalue weighted by Gasteiger charge is -2.45. The van der Waals surface area contributed by atoms with E-state index in [4.69, 9.17) is 16.3 Å². The number of aryl methyl sites for hydroxylation is 1. The minimum Gasteiger partial charge on any atom is -0.490 e. The number of hydrogen-bond donors (Lipinski definition) is 2. The fraction of sp³-hybridized carbons (Fsp3) is 0.583. The van der Waals surface area contributed by atoms with E-state index in [1.807, 2.05) is 51.1 Å². The van der Waals surface area contributed by atoms with Crippen molar-refractivity contribution in [3.05, 3.63) is 70.3 Å². The van der Waals surface area contributed by atoms with Gasteiger partial charge in [0.2, 0.25) is 10.0 Å². The Kier molecular flexibility index (Phi) is 7.81. The number of ether oxygens (including phenoxy) is 1. The summed E-state index contributed by atoms with van der Waals surface area (Å²) in [7, 11) is -3.97. The highest BCUT2D eigenvalue weighted by Gasteiger charge is 2.69. The Hall–Kier alpha value is -2.55. The van der Waals surface area contributed by atoms with Crippen LogP contribution in [0.3, 0.4) is 0 Å². The number of rotatable bonds is 2. The quantitative estimate of drug-likeness (QED) is 0.372. The van der Waals surface area contributed by atoms with Crippen LogP contribution in [0.1, 0.15) is 80.8 Å². The van der Waals surface area contributed by atoms with E-state index in [9.17, 15) is 18.3 Å². The summed E-state index contributed by atoms with van der Waals surface area (Å²) in [5, 5.41) is 11.4. The number of allylic oxidation sites excluding steroid dienone is 1. The molecule has 2 aromatic carbocycles. The fourth-order valence-electron chi connectivity index (χ4n) is 9.04. The zero-order valence-corrected chi connectivity index (χ0v) is 28.0. The van der Waals surface area contributed by atoms with Gasteiger partial charge in [0.25, 0.3) is 5.91 Å². The predicted molar refractivity (Wildman–Crippen MR) is 177 cm³/mol. The van der Waals surface area contributed by atoms with E-state index in [0.29, 0.717) is 43.2 Å². The van der Waals surface area contributed by atoms with Crippen molar-refractivity contribution in [2.75, 3.05) is 24.6 Å². The Morgan fingerprint density at radius 1 is 1.18 bits per heavy atom.